The summed E-state index contributed by atoms with van der Waals surface area (Å²) in [4.78, 5) is 26.1. The average molecular weight is 424 g/mol. The van der Waals surface area contributed by atoms with E-state index in [0.717, 1.165) is 0 Å². The zero-order chi connectivity index (χ0) is 18.4. The molecule has 0 atom stereocenters. The first-order chi connectivity index (χ1) is 11.9. The van der Waals surface area contributed by atoms with Crippen LogP contribution in [0.1, 0.15) is 34.8 Å². The van der Waals surface area contributed by atoms with Crippen molar-refractivity contribution in [3.63, 3.8) is 0 Å². The number of hydrogen-bond donors (Lipinski definition) is 2. The fraction of sp³-hybridized carbons (Fsp3) is 0.235. The Morgan fingerprint density at radius 1 is 1.20 bits per heavy atom. The van der Waals surface area contributed by atoms with E-state index in [9.17, 15) is 9.59 Å². The Kier molecular flexibility index (Phi) is 6.72. The van der Waals surface area contributed by atoms with Crippen molar-refractivity contribution in [3.05, 3.63) is 52.4 Å². The Hall–Kier alpha value is -2.19. The van der Waals surface area contributed by atoms with Gasteiger partial charge < -0.3 is 14.6 Å². The first-order valence-electron chi connectivity index (χ1n) is 7.71. The lowest BCUT2D eigenvalue weighted by atomic mass is 10.1. The van der Waals surface area contributed by atoms with Crippen molar-refractivity contribution in [1.82, 2.24) is 10.2 Å². The number of carbonyl (C=O) groups excluding carboxylic acids is 2. The van der Waals surface area contributed by atoms with Gasteiger partial charge in [0.25, 0.3) is 11.8 Å². The van der Waals surface area contributed by atoms with Crippen LogP contribution in [0.15, 0.2) is 45.5 Å². The maximum atomic E-state index is 12.4. The SMILES string of the molecule is CCN(CC)C(=O)c1cccc(NC(=S)NC(=O)c2ccc(Br)o2)c1. The summed E-state index contributed by atoms with van der Waals surface area (Å²) in [6.07, 6.45) is 0. The molecule has 6 nitrogen and oxygen atoms in total. The molecule has 1 heterocycles. The van der Waals surface area contributed by atoms with E-state index < -0.39 is 5.91 Å². The Balaban J connectivity index is 2.02. The second kappa shape index (κ2) is 8.77. The van der Waals surface area contributed by atoms with Crippen LogP contribution in [0.2, 0.25) is 0 Å². The maximum Gasteiger partial charge on any atom is 0.293 e. The lowest BCUT2D eigenvalue weighted by molar-refractivity contribution is 0.0772. The quantitative estimate of drug-likeness (QED) is 0.717. The molecule has 1 aromatic carbocycles. The maximum absolute atomic E-state index is 12.4. The highest BCUT2D eigenvalue weighted by Crippen LogP contribution is 2.15. The van der Waals surface area contributed by atoms with Gasteiger partial charge in [0.15, 0.2) is 15.5 Å². The molecular weight excluding hydrogens is 406 g/mol. The first-order valence-corrected chi connectivity index (χ1v) is 8.91. The molecule has 0 bridgehead atoms. The number of halogens is 1. The van der Waals surface area contributed by atoms with Crippen molar-refractivity contribution in [1.29, 1.82) is 0 Å². The van der Waals surface area contributed by atoms with Crippen molar-refractivity contribution >= 4 is 50.8 Å². The molecule has 8 heteroatoms. The highest BCUT2D eigenvalue weighted by atomic mass is 79.9. The molecule has 2 N–H and O–H groups in total. The molecule has 0 fully saturated rings. The third-order valence-corrected chi connectivity index (χ3v) is 4.07. The van der Waals surface area contributed by atoms with Crippen molar-refractivity contribution < 1.29 is 14.0 Å². The standard InChI is InChI=1S/C17H18BrN3O3S/c1-3-21(4-2)16(23)11-6-5-7-12(10-11)19-17(25)20-15(22)13-8-9-14(18)24-13/h5-10H,3-4H2,1-2H3,(H2,19,20,22,25). The van der Waals surface area contributed by atoms with Crippen LogP contribution in [0.25, 0.3) is 0 Å². The minimum Gasteiger partial charge on any atom is -0.444 e. The van der Waals surface area contributed by atoms with Gasteiger partial charge in [-0.3, -0.25) is 14.9 Å². The number of thiocarbonyl (C=S) groups is 1. The molecule has 0 aliphatic rings. The molecular formula is C17H18BrN3O3S. The molecule has 0 saturated heterocycles. The van der Waals surface area contributed by atoms with E-state index in [-0.39, 0.29) is 16.8 Å². The molecule has 2 rings (SSSR count). The van der Waals surface area contributed by atoms with Crippen LogP contribution in [-0.4, -0.2) is 34.9 Å². The molecule has 0 radical (unpaired) electrons. The topological polar surface area (TPSA) is 74.6 Å². The molecule has 2 aromatic rings. The number of rotatable bonds is 5. The monoisotopic (exact) mass is 423 g/mol. The number of amides is 2. The third kappa shape index (κ3) is 5.14. The summed E-state index contributed by atoms with van der Waals surface area (Å²) in [6, 6.07) is 10.1. The predicted octanol–water partition coefficient (Wildman–Crippen LogP) is 3.65. The van der Waals surface area contributed by atoms with Gasteiger partial charge in [-0.05, 0) is 72.3 Å². The molecule has 132 valence electrons. The van der Waals surface area contributed by atoms with Crippen molar-refractivity contribution in [2.24, 2.45) is 0 Å². The van der Waals surface area contributed by atoms with E-state index in [4.69, 9.17) is 16.6 Å². The smallest absolute Gasteiger partial charge is 0.293 e. The third-order valence-electron chi connectivity index (χ3n) is 3.44. The van der Waals surface area contributed by atoms with Crippen LogP contribution in [0.5, 0.6) is 0 Å². The molecule has 0 saturated carbocycles. The van der Waals surface area contributed by atoms with Gasteiger partial charge in [-0.15, -0.1) is 0 Å². The van der Waals surface area contributed by atoms with Gasteiger partial charge in [-0.1, -0.05) is 6.07 Å². The number of anilines is 1. The Bertz CT molecular complexity index is 787. The summed E-state index contributed by atoms with van der Waals surface area (Å²) in [5, 5.41) is 5.53. The van der Waals surface area contributed by atoms with Crippen LogP contribution in [0, 0.1) is 0 Å². The highest BCUT2D eigenvalue weighted by molar-refractivity contribution is 9.10. The summed E-state index contributed by atoms with van der Waals surface area (Å²) in [5.41, 5.74) is 1.17. The minimum absolute atomic E-state index is 0.0518. The second-order valence-corrected chi connectivity index (χ2v) is 6.26. The number of furan rings is 1. The van der Waals surface area contributed by atoms with Gasteiger partial charge >= 0.3 is 0 Å². The fourth-order valence-electron chi connectivity index (χ4n) is 2.19. The minimum atomic E-state index is -0.460. The number of benzene rings is 1. The zero-order valence-corrected chi connectivity index (χ0v) is 16.2. The summed E-state index contributed by atoms with van der Waals surface area (Å²) in [5.74, 6) is -0.371. The van der Waals surface area contributed by atoms with E-state index in [0.29, 0.717) is 29.0 Å². The van der Waals surface area contributed by atoms with Gasteiger partial charge in [-0.2, -0.15) is 0 Å². The predicted molar refractivity (Wildman–Crippen MR) is 104 cm³/mol. The zero-order valence-electron chi connectivity index (χ0n) is 13.8. The molecule has 2 amide bonds. The Morgan fingerprint density at radius 3 is 2.52 bits per heavy atom. The average Bonchev–Trinajstić information content (AvgIpc) is 3.02. The molecule has 0 aliphatic carbocycles. The van der Waals surface area contributed by atoms with Gasteiger partial charge in [0.1, 0.15) is 0 Å². The number of nitrogens with zero attached hydrogens (tertiary/aromatic N) is 1. The lowest BCUT2D eigenvalue weighted by Gasteiger charge is -2.19. The van der Waals surface area contributed by atoms with Gasteiger partial charge in [-0.25, -0.2) is 0 Å². The highest BCUT2D eigenvalue weighted by Gasteiger charge is 2.14. The van der Waals surface area contributed by atoms with Gasteiger partial charge in [0.05, 0.1) is 0 Å². The largest absolute Gasteiger partial charge is 0.444 e. The number of carbonyl (C=O) groups is 2. The molecule has 0 spiro atoms. The summed E-state index contributed by atoms with van der Waals surface area (Å²) < 4.78 is 5.62. The normalized spacial score (nSPS) is 10.2. The van der Waals surface area contributed by atoms with Crippen LogP contribution in [0.4, 0.5) is 5.69 Å². The Labute approximate surface area is 159 Å². The van der Waals surface area contributed by atoms with E-state index in [1.165, 1.54) is 6.07 Å². The fourth-order valence-corrected chi connectivity index (χ4v) is 2.70. The first kappa shape index (κ1) is 19.1. The van der Waals surface area contributed by atoms with E-state index in [1.54, 1.807) is 35.2 Å². The Morgan fingerprint density at radius 2 is 1.92 bits per heavy atom. The molecule has 25 heavy (non-hydrogen) atoms. The molecule has 1 aromatic heterocycles. The van der Waals surface area contributed by atoms with Crippen molar-refractivity contribution in [2.75, 3.05) is 18.4 Å². The van der Waals surface area contributed by atoms with Crippen LogP contribution >= 0.6 is 28.1 Å². The number of nitrogens with one attached hydrogen (secondary N) is 2. The van der Waals surface area contributed by atoms with Crippen LogP contribution < -0.4 is 10.6 Å². The van der Waals surface area contributed by atoms with Crippen LogP contribution in [-0.2, 0) is 0 Å². The van der Waals surface area contributed by atoms with E-state index in [2.05, 4.69) is 26.6 Å². The molecule has 0 unspecified atom stereocenters. The van der Waals surface area contributed by atoms with E-state index in [1.807, 2.05) is 13.8 Å². The number of hydrogen-bond acceptors (Lipinski definition) is 4. The van der Waals surface area contributed by atoms with Crippen LogP contribution in [0.3, 0.4) is 0 Å². The lowest BCUT2D eigenvalue weighted by Crippen LogP contribution is -2.34. The van der Waals surface area contributed by atoms with Gasteiger partial charge in [0.2, 0.25) is 0 Å². The van der Waals surface area contributed by atoms with Crippen molar-refractivity contribution in [2.45, 2.75) is 13.8 Å². The molecule has 0 aliphatic heterocycles. The summed E-state index contributed by atoms with van der Waals surface area (Å²) >= 11 is 8.27. The second-order valence-electron chi connectivity index (χ2n) is 5.07. The van der Waals surface area contributed by atoms with E-state index >= 15 is 0 Å². The summed E-state index contributed by atoms with van der Waals surface area (Å²) in [6.45, 7) is 5.14. The van der Waals surface area contributed by atoms with Gasteiger partial charge in [0, 0.05) is 24.3 Å². The van der Waals surface area contributed by atoms with Crippen molar-refractivity contribution in [3.8, 4) is 0 Å². The summed E-state index contributed by atoms with van der Waals surface area (Å²) in [7, 11) is 0.